The topological polar surface area (TPSA) is 29.6 Å². The average molecular weight is 287 g/mol. The maximum atomic E-state index is 4.77. The lowest BCUT2D eigenvalue weighted by Crippen LogP contribution is -2.17. The van der Waals surface area contributed by atoms with Crippen LogP contribution in [0.5, 0.6) is 0 Å². The van der Waals surface area contributed by atoms with E-state index < -0.39 is 0 Å². The minimum Gasteiger partial charge on any atom is -0.294 e. The standard InChI is InChI=1S/C19H17N3/c1-19(2)13-20-18-16(12-21-19)15-10-6-7-11-17(15)22(18)14-8-4-3-5-9-14/h3-13H,1-2H3. The SMILES string of the molecule is CC1(C)C=Nc2c(c3ccccc3n2-c2ccccc2)C=N1. The summed E-state index contributed by atoms with van der Waals surface area (Å²) < 4.78 is 2.20. The number of fused-ring (bicyclic) bond motifs is 3. The number of benzene rings is 2. The first-order valence-corrected chi connectivity index (χ1v) is 7.45. The third-order valence-electron chi connectivity index (χ3n) is 3.93. The number of aromatic nitrogens is 1. The summed E-state index contributed by atoms with van der Waals surface area (Å²) in [7, 11) is 0. The van der Waals surface area contributed by atoms with E-state index in [1.807, 2.05) is 18.5 Å². The highest BCUT2D eigenvalue weighted by Gasteiger charge is 2.21. The Morgan fingerprint density at radius 1 is 0.909 bits per heavy atom. The molecule has 0 spiro atoms. The van der Waals surface area contributed by atoms with E-state index in [-0.39, 0.29) is 5.54 Å². The van der Waals surface area contributed by atoms with Gasteiger partial charge in [-0.25, -0.2) is 4.99 Å². The lowest BCUT2D eigenvalue weighted by atomic mass is 10.1. The summed E-state index contributed by atoms with van der Waals surface area (Å²) >= 11 is 0. The van der Waals surface area contributed by atoms with Crippen LogP contribution in [0.3, 0.4) is 0 Å². The quantitative estimate of drug-likeness (QED) is 0.629. The van der Waals surface area contributed by atoms with Crippen LogP contribution in [0.25, 0.3) is 16.6 Å². The second-order valence-electron chi connectivity index (χ2n) is 6.10. The highest BCUT2D eigenvalue weighted by Crippen LogP contribution is 2.35. The molecule has 0 bridgehead atoms. The molecule has 0 amide bonds. The van der Waals surface area contributed by atoms with Crippen LogP contribution in [0.1, 0.15) is 19.4 Å². The van der Waals surface area contributed by atoms with Crippen LogP contribution >= 0.6 is 0 Å². The lowest BCUT2D eigenvalue weighted by molar-refractivity contribution is 0.723. The summed E-state index contributed by atoms with van der Waals surface area (Å²) in [6, 6.07) is 18.7. The molecule has 0 saturated carbocycles. The Kier molecular flexibility index (Phi) is 2.76. The van der Waals surface area contributed by atoms with Crippen LogP contribution in [0.2, 0.25) is 0 Å². The van der Waals surface area contributed by atoms with Crippen LogP contribution in [0.4, 0.5) is 5.82 Å². The number of nitrogens with zero attached hydrogens (tertiary/aromatic N) is 3. The van der Waals surface area contributed by atoms with E-state index in [9.17, 15) is 0 Å². The Hall–Kier alpha value is -2.68. The Morgan fingerprint density at radius 2 is 1.64 bits per heavy atom. The van der Waals surface area contributed by atoms with Gasteiger partial charge in [0.1, 0.15) is 5.82 Å². The van der Waals surface area contributed by atoms with Gasteiger partial charge < -0.3 is 0 Å². The average Bonchev–Trinajstić information content (AvgIpc) is 2.76. The van der Waals surface area contributed by atoms with Crippen LogP contribution in [-0.4, -0.2) is 22.5 Å². The molecule has 2 heterocycles. The molecule has 0 fully saturated rings. The number of rotatable bonds is 1. The monoisotopic (exact) mass is 287 g/mol. The van der Waals surface area contributed by atoms with Crippen molar-refractivity contribution in [2.24, 2.45) is 9.98 Å². The predicted molar refractivity (Wildman–Crippen MR) is 93.1 cm³/mol. The van der Waals surface area contributed by atoms with Gasteiger partial charge in [0.2, 0.25) is 0 Å². The lowest BCUT2D eigenvalue weighted by Gasteiger charge is -2.11. The molecule has 3 aromatic rings. The molecule has 0 unspecified atom stereocenters. The fourth-order valence-electron chi connectivity index (χ4n) is 2.83. The van der Waals surface area contributed by atoms with Crippen molar-refractivity contribution < 1.29 is 0 Å². The van der Waals surface area contributed by atoms with Gasteiger partial charge in [-0.15, -0.1) is 0 Å². The summed E-state index contributed by atoms with van der Waals surface area (Å²) in [5, 5.41) is 1.18. The van der Waals surface area contributed by atoms with Crippen molar-refractivity contribution >= 4 is 29.1 Å². The van der Waals surface area contributed by atoms with E-state index >= 15 is 0 Å². The van der Waals surface area contributed by atoms with Gasteiger partial charge in [0.05, 0.1) is 11.1 Å². The van der Waals surface area contributed by atoms with E-state index in [4.69, 9.17) is 4.99 Å². The van der Waals surface area contributed by atoms with Crippen molar-refractivity contribution in [3.63, 3.8) is 0 Å². The zero-order valence-corrected chi connectivity index (χ0v) is 12.7. The van der Waals surface area contributed by atoms with Gasteiger partial charge in [-0.05, 0) is 32.0 Å². The summed E-state index contributed by atoms with van der Waals surface area (Å²) in [6.07, 6.45) is 3.89. The van der Waals surface area contributed by atoms with Crippen molar-refractivity contribution in [2.75, 3.05) is 0 Å². The molecule has 4 rings (SSSR count). The first-order chi connectivity index (χ1) is 10.7. The van der Waals surface area contributed by atoms with Crippen LogP contribution in [-0.2, 0) is 0 Å². The molecule has 108 valence electrons. The number of aliphatic imine (C=N–C) groups is 2. The molecule has 2 aromatic carbocycles. The fraction of sp³-hybridized carbons (Fsp3) is 0.158. The van der Waals surface area contributed by atoms with E-state index in [0.29, 0.717) is 0 Å². The minimum atomic E-state index is -0.276. The first kappa shape index (κ1) is 13.0. The molecule has 0 N–H and O–H groups in total. The molecule has 3 heteroatoms. The molecule has 1 aliphatic rings. The molecule has 0 aliphatic carbocycles. The van der Waals surface area contributed by atoms with Gasteiger partial charge in [0.25, 0.3) is 0 Å². The normalized spacial score (nSPS) is 15.7. The van der Waals surface area contributed by atoms with Crippen molar-refractivity contribution in [1.82, 2.24) is 4.57 Å². The molecule has 0 saturated heterocycles. The highest BCUT2D eigenvalue weighted by molar-refractivity contribution is 6.07. The smallest absolute Gasteiger partial charge is 0.146 e. The minimum absolute atomic E-state index is 0.276. The Balaban J connectivity index is 2.10. The maximum absolute atomic E-state index is 4.77. The van der Waals surface area contributed by atoms with Crippen molar-refractivity contribution in [1.29, 1.82) is 0 Å². The second kappa shape index (κ2) is 4.67. The van der Waals surface area contributed by atoms with Gasteiger partial charge in [0, 0.05) is 29.1 Å². The summed E-state index contributed by atoms with van der Waals surface area (Å²) in [4.78, 5) is 9.43. The molecule has 0 atom stereocenters. The van der Waals surface area contributed by atoms with Crippen molar-refractivity contribution in [3.05, 3.63) is 60.2 Å². The van der Waals surface area contributed by atoms with Crippen LogP contribution in [0.15, 0.2) is 64.6 Å². The highest BCUT2D eigenvalue weighted by atomic mass is 15.1. The zero-order chi connectivity index (χ0) is 15.2. The zero-order valence-electron chi connectivity index (χ0n) is 12.7. The summed E-state index contributed by atoms with van der Waals surface area (Å²) in [5.74, 6) is 0.946. The van der Waals surface area contributed by atoms with Gasteiger partial charge in [-0.1, -0.05) is 36.4 Å². The van der Waals surface area contributed by atoms with Crippen LogP contribution in [0, 0.1) is 0 Å². The molecule has 1 aromatic heterocycles. The van der Waals surface area contributed by atoms with Gasteiger partial charge in [-0.2, -0.15) is 0 Å². The molecule has 1 aliphatic heterocycles. The van der Waals surface area contributed by atoms with E-state index in [1.54, 1.807) is 0 Å². The van der Waals surface area contributed by atoms with Crippen molar-refractivity contribution in [2.45, 2.75) is 19.4 Å². The van der Waals surface area contributed by atoms with Crippen LogP contribution < -0.4 is 0 Å². The number of hydrogen-bond donors (Lipinski definition) is 0. The molecular weight excluding hydrogens is 270 g/mol. The molecule has 3 nitrogen and oxygen atoms in total. The van der Waals surface area contributed by atoms with Gasteiger partial charge in [-0.3, -0.25) is 9.56 Å². The first-order valence-electron chi connectivity index (χ1n) is 7.45. The Bertz CT molecular complexity index is 899. The third kappa shape index (κ3) is 1.98. The van der Waals surface area contributed by atoms with Gasteiger partial charge in [0.15, 0.2) is 0 Å². The summed E-state index contributed by atoms with van der Waals surface area (Å²) in [5.41, 5.74) is 3.08. The fourth-order valence-corrected chi connectivity index (χ4v) is 2.83. The maximum Gasteiger partial charge on any atom is 0.146 e. The molecular formula is C19H17N3. The predicted octanol–water partition coefficient (Wildman–Crippen LogP) is 4.54. The third-order valence-corrected chi connectivity index (χ3v) is 3.93. The Labute approximate surface area is 129 Å². The van der Waals surface area contributed by atoms with Gasteiger partial charge >= 0.3 is 0 Å². The van der Waals surface area contributed by atoms with E-state index in [2.05, 4.69) is 71.9 Å². The molecule has 0 radical (unpaired) electrons. The van der Waals surface area contributed by atoms with E-state index in [1.165, 1.54) is 5.39 Å². The second-order valence-corrected chi connectivity index (χ2v) is 6.10. The number of hydrogen-bond acceptors (Lipinski definition) is 2. The summed E-state index contributed by atoms with van der Waals surface area (Å²) in [6.45, 7) is 4.13. The van der Waals surface area contributed by atoms with E-state index in [0.717, 1.165) is 22.6 Å². The molecule has 22 heavy (non-hydrogen) atoms. The number of para-hydroxylation sites is 2. The largest absolute Gasteiger partial charge is 0.294 e. The Morgan fingerprint density at radius 3 is 2.45 bits per heavy atom. The van der Waals surface area contributed by atoms with Crippen molar-refractivity contribution in [3.8, 4) is 5.69 Å².